The van der Waals surface area contributed by atoms with Crippen LogP contribution < -0.4 is 10.6 Å². The minimum Gasteiger partial charge on any atom is -0.389 e. The molecule has 0 bridgehead atoms. The summed E-state index contributed by atoms with van der Waals surface area (Å²) in [5.74, 6) is 0. The van der Waals surface area contributed by atoms with E-state index in [0.717, 1.165) is 22.6 Å². The van der Waals surface area contributed by atoms with Gasteiger partial charge in [0.05, 0.1) is 11.8 Å². The monoisotopic (exact) mass is 266 g/mol. The lowest BCUT2D eigenvalue weighted by Gasteiger charge is -2.16. The zero-order valence-electron chi connectivity index (χ0n) is 9.54. The molecule has 0 saturated heterocycles. The number of nitrogens with two attached hydrogens (primary N) is 1. The van der Waals surface area contributed by atoms with Gasteiger partial charge in [0.2, 0.25) is 0 Å². The molecule has 18 heavy (non-hydrogen) atoms. The number of benzene rings is 1. The summed E-state index contributed by atoms with van der Waals surface area (Å²) in [6.07, 6.45) is -1.97. The second kappa shape index (κ2) is 5.45. The molecule has 1 aromatic heterocycles. The first-order valence-corrected chi connectivity index (χ1v) is 6.34. The highest BCUT2D eigenvalue weighted by Gasteiger charge is 2.16. The van der Waals surface area contributed by atoms with E-state index in [1.807, 2.05) is 0 Å². The van der Waals surface area contributed by atoms with Gasteiger partial charge in [-0.15, -0.1) is 0 Å². The van der Waals surface area contributed by atoms with Gasteiger partial charge in [-0.3, -0.25) is 4.79 Å². The zero-order valence-corrected chi connectivity index (χ0v) is 10.4. The van der Waals surface area contributed by atoms with Gasteiger partial charge >= 0.3 is 4.87 Å². The lowest BCUT2D eigenvalue weighted by molar-refractivity contribution is 0.0243. The van der Waals surface area contributed by atoms with Crippen LogP contribution in [0, 0.1) is 0 Å². The Balaban J connectivity index is 2.22. The van der Waals surface area contributed by atoms with Crippen LogP contribution in [0.5, 0.6) is 0 Å². The van der Waals surface area contributed by atoms with Gasteiger partial charge in [0.15, 0.2) is 0 Å². The Morgan fingerprint density at radius 3 is 2.44 bits per heavy atom. The summed E-state index contributed by atoms with van der Waals surface area (Å²) >= 11 is 1.10. The maximum Gasteiger partial charge on any atom is 0.304 e. The average Bonchev–Trinajstić information content (AvgIpc) is 2.84. The normalized spacial score (nSPS) is 14.4. The van der Waals surface area contributed by atoms with Crippen LogP contribution in [-0.2, 0) is 0 Å². The van der Waals surface area contributed by atoms with E-state index in [-0.39, 0.29) is 11.4 Å². The maximum absolute atomic E-state index is 11.0. The molecule has 1 heterocycles. The second-order valence-corrected chi connectivity index (χ2v) is 4.77. The highest BCUT2D eigenvalue weighted by molar-refractivity contribution is 7.07. The van der Waals surface area contributed by atoms with Crippen molar-refractivity contribution in [2.75, 3.05) is 6.54 Å². The summed E-state index contributed by atoms with van der Waals surface area (Å²) in [7, 11) is 0. The van der Waals surface area contributed by atoms with Crippen molar-refractivity contribution in [3.63, 3.8) is 0 Å². The van der Waals surface area contributed by atoms with Crippen molar-refractivity contribution < 1.29 is 10.2 Å². The molecule has 0 aliphatic heterocycles. The number of aromatic amines is 1. The van der Waals surface area contributed by atoms with E-state index in [1.165, 1.54) is 0 Å². The smallest absolute Gasteiger partial charge is 0.304 e. The predicted octanol–water partition coefficient (Wildman–Crippen LogP) is 0.456. The van der Waals surface area contributed by atoms with E-state index in [9.17, 15) is 15.0 Å². The molecular weight excluding hydrogens is 252 g/mol. The number of rotatable bonds is 4. The van der Waals surface area contributed by atoms with Crippen LogP contribution >= 0.6 is 11.3 Å². The summed E-state index contributed by atoms with van der Waals surface area (Å²) in [6.45, 7) is 0.000762. The molecule has 2 rings (SSSR count). The van der Waals surface area contributed by atoms with Crippen LogP contribution in [0.25, 0.3) is 11.3 Å². The first-order valence-electron chi connectivity index (χ1n) is 5.46. The molecule has 2 atom stereocenters. The number of nitrogens with one attached hydrogen (secondary N) is 1. The van der Waals surface area contributed by atoms with Crippen LogP contribution in [0.2, 0.25) is 0 Å². The summed E-state index contributed by atoms with van der Waals surface area (Å²) < 4.78 is 0. The average molecular weight is 266 g/mol. The third-order valence-corrected chi connectivity index (χ3v) is 3.36. The molecule has 0 spiro atoms. The molecule has 96 valence electrons. The Labute approximate surface area is 108 Å². The lowest BCUT2D eigenvalue weighted by Crippen LogP contribution is -2.27. The number of hydrogen-bond acceptors (Lipinski definition) is 5. The van der Waals surface area contributed by atoms with Gasteiger partial charge in [-0.1, -0.05) is 35.6 Å². The molecule has 0 aliphatic rings. The molecule has 5 N–H and O–H groups in total. The summed E-state index contributed by atoms with van der Waals surface area (Å²) in [5, 5.41) is 21.0. The standard InChI is InChI=1S/C12H14N2O3S/c13-5-10(15)11(16)8-3-1-7(2-4-8)9-6-18-12(17)14-9/h1-4,6,10-11,15-16H,5,13H2,(H,14,17). The molecular formula is C12H14N2O3S. The van der Waals surface area contributed by atoms with Gasteiger partial charge in [0.25, 0.3) is 0 Å². The SMILES string of the molecule is NCC(O)C(O)c1ccc(-c2csc(=O)[nH]2)cc1. The number of thiazole rings is 1. The van der Waals surface area contributed by atoms with Crippen LogP contribution in [0.1, 0.15) is 11.7 Å². The number of hydrogen-bond donors (Lipinski definition) is 4. The first-order chi connectivity index (χ1) is 8.61. The fourth-order valence-electron chi connectivity index (χ4n) is 1.63. The molecule has 0 saturated carbocycles. The van der Waals surface area contributed by atoms with Crippen LogP contribution in [0.15, 0.2) is 34.4 Å². The van der Waals surface area contributed by atoms with E-state index < -0.39 is 12.2 Å². The Bertz CT molecular complexity index is 561. The Hall–Kier alpha value is -1.47. The third kappa shape index (κ3) is 2.68. The molecule has 0 amide bonds. The Morgan fingerprint density at radius 1 is 1.28 bits per heavy atom. The number of aliphatic hydroxyl groups is 2. The summed E-state index contributed by atoms with van der Waals surface area (Å²) in [6, 6.07) is 6.96. The van der Waals surface area contributed by atoms with Gasteiger partial charge in [-0.25, -0.2) is 0 Å². The Kier molecular flexibility index (Phi) is 3.93. The molecule has 2 unspecified atom stereocenters. The van der Waals surface area contributed by atoms with E-state index >= 15 is 0 Å². The fraction of sp³-hybridized carbons (Fsp3) is 0.250. The highest BCUT2D eigenvalue weighted by atomic mass is 32.1. The largest absolute Gasteiger partial charge is 0.389 e. The van der Waals surface area contributed by atoms with Gasteiger partial charge in [-0.2, -0.15) is 0 Å². The minimum atomic E-state index is -0.995. The predicted molar refractivity (Wildman–Crippen MR) is 70.4 cm³/mol. The molecule has 0 fully saturated rings. The summed E-state index contributed by atoms with van der Waals surface area (Å²) in [5.41, 5.74) is 7.47. The zero-order chi connectivity index (χ0) is 13.1. The van der Waals surface area contributed by atoms with Gasteiger partial charge in [0.1, 0.15) is 6.10 Å². The van der Waals surface area contributed by atoms with Crippen LogP contribution in [0.4, 0.5) is 0 Å². The van der Waals surface area contributed by atoms with Crippen molar-refractivity contribution in [3.05, 3.63) is 44.9 Å². The second-order valence-electron chi connectivity index (χ2n) is 3.93. The molecule has 2 aromatic rings. The number of aromatic nitrogens is 1. The molecule has 1 aromatic carbocycles. The molecule has 6 heteroatoms. The van der Waals surface area contributed by atoms with Crippen LogP contribution in [-0.4, -0.2) is 27.8 Å². The van der Waals surface area contributed by atoms with E-state index in [1.54, 1.807) is 29.6 Å². The van der Waals surface area contributed by atoms with E-state index in [4.69, 9.17) is 5.73 Å². The van der Waals surface area contributed by atoms with Gasteiger partial charge in [0, 0.05) is 11.9 Å². The fourth-order valence-corrected chi connectivity index (χ4v) is 2.22. The first kappa shape index (κ1) is 13.0. The van der Waals surface area contributed by atoms with E-state index in [2.05, 4.69) is 4.98 Å². The van der Waals surface area contributed by atoms with Crippen molar-refractivity contribution in [1.29, 1.82) is 0 Å². The number of H-pyrrole nitrogens is 1. The van der Waals surface area contributed by atoms with Crippen molar-refractivity contribution in [2.45, 2.75) is 12.2 Å². The minimum absolute atomic E-state index is 0.000762. The lowest BCUT2D eigenvalue weighted by atomic mass is 10.0. The van der Waals surface area contributed by atoms with Gasteiger partial charge < -0.3 is 20.9 Å². The third-order valence-electron chi connectivity index (χ3n) is 2.69. The van der Waals surface area contributed by atoms with Gasteiger partial charge in [-0.05, 0) is 11.1 Å². The quantitative estimate of drug-likeness (QED) is 0.646. The van der Waals surface area contributed by atoms with Crippen molar-refractivity contribution in [3.8, 4) is 11.3 Å². The van der Waals surface area contributed by atoms with Crippen molar-refractivity contribution >= 4 is 11.3 Å². The van der Waals surface area contributed by atoms with E-state index in [0.29, 0.717) is 5.56 Å². The summed E-state index contributed by atoms with van der Waals surface area (Å²) in [4.78, 5) is 13.6. The molecule has 0 radical (unpaired) electrons. The van der Waals surface area contributed by atoms with Crippen LogP contribution in [0.3, 0.4) is 0 Å². The van der Waals surface area contributed by atoms with Crippen molar-refractivity contribution in [1.82, 2.24) is 4.98 Å². The maximum atomic E-state index is 11.0. The highest BCUT2D eigenvalue weighted by Crippen LogP contribution is 2.22. The number of aliphatic hydroxyl groups excluding tert-OH is 2. The topological polar surface area (TPSA) is 99.3 Å². The van der Waals surface area contributed by atoms with Crippen molar-refractivity contribution in [2.24, 2.45) is 5.73 Å². The Morgan fingerprint density at radius 2 is 1.94 bits per heavy atom. The molecule has 0 aliphatic carbocycles. The molecule has 5 nitrogen and oxygen atoms in total.